The molecule has 0 atom stereocenters. The van der Waals surface area contributed by atoms with Crippen LogP contribution in [0, 0.1) is 0 Å². The molecule has 54 valence electrons. The first-order chi connectivity index (χ1) is 3.72. The Labute approximate surface area is 71.3 Å². The van der Waals surface area contributed by atoms with Crippen molar-refractivity contribution in [3.05, 3.63) is 12.4 Å². The van der Waals surface area contributed by atoms with Gasteiger partial charge in [0.05, 0.1) is 0 Å². The lowest BCUT2D eigenvalue weighted by Gasteiger charge is -2.18. The third-order valence-electron chi connectivity index (χ3n) is 1.21. The summed E-state index contributed by atoms with van der Waals surface area (Å²) >= 11 is 0. The van der Waals surface area contributed by atoms with Crippen molar-refractivity contribution in [2.45, 2.75) is 6.42 Å². The molecule has 0 radical (unpaired) electrons. The van der Waals surface area contributed by atoms with E-state index >= 15 is 0 Å². The van der Waals surface area contributed by atoms with Gasteiger partial charge in [0.25, 0.3) is 0 Å². The van der Waals surface area contributed by atoms with E-state index in [1.165, 1.54) is 9.80 Å². The second-order valence-corrected chi connectivity index (χ2v) is 1.94. The molecule has 0 fully saturated rings. The lowest BCUT2D eigenvalue weighted by atomic mass is 10.8. The molecule has 1 heterocycles. The molecule has 2 nitrogen and oxygen atoms in total. The first kappa shape index (κ1) is 9.00. The average molecular weight is 243 g/mol. The van der Waals surface area contributed by atoms with Crippen LogP contribution in [0.4, 0.5) is 4.39 Å². The molecule has 0 bridgehead atoms. The van der Waals surface area contributed by atoms with E-state index in [0.717, 1.165) is 0 Å². The minimum Gasteiger partial charge on any atom is -1.00 e. The van der Waals surface area contributed by atoms with Gasteiger partial charge in [0.2, 0.25) is 6.42 Å². The molecule has 0 spiro atoms. The Morgan fingerprint density at radius 2 is 1.56 bits per heavy atom. The largest absolute Gasteiger partial charge is 1.00 e. The predicted octanol–water partition coefficient (Wildman–Crippen LogP) is -2.41. The Hall–Kier alpha value is 0. The summed E-state index contributed by atoms with van der Waals surface area (Å²) in [6, 6.07) is 0. The van der Waals surface area contributed by atoms with Crippen molar-refractivity contribution < 1.29 is 28.4 Å². The number of hydrogen-bond donors (Lipinski definition) is 0. The molecular weight excluding hydrogens is 234 g/mol. The molecule has 0 aromatic carbocycles. The third kappa shape index (κ3) is 1.70. The van der Waals surface area contributed by atoms with Gasteiger partial charge in [0.15, 0.2) is 0 Å². The van der Waals surface area contributed by atoms with Gasteiger partial charge in [-0.25, -0.2) is 0 Å². The van der Waals surface area contributed by atoms with Crippen molar-refractivity contribution in [1.82, 2.24) is 9.80 Å². The first-order valence-corrected chi connectivity index (χ1v) is 2.48. The maximum absolute atomic E-state index is 12.5. The van der Waals surface area contributed by atoms with Gasteiger partial charge in [-0.15, -0.1) is 0 Å². The predicted molar refractivity (Wildman–Crippen MR) is 29.6 cm³/mol. The molecule has 0 aromatic heterocycles. The average Bonchev–Trinajstić information content (AvgIpc) is 1.98. The van der Waals surface area contributed by atoms with Gasteiger partial charge < -0.3 is 33.8 Å². The number of hydrogen-bond acceptors (Lipinski definition) is 2. The fraction of sp³-hybridized carbons (Fsp3) is 0.600. The number of nitrogens with zero attached hydrogens (tertiary/aromatic N) is 2. The Balaban J connectivity index is 0.000000640. The molecule has 0 aliphatic carbocycles. The van der Waals surface area contributed by atoms with Gasteiger partial charge in [-0.1, -0.05) is 0 Å². The summed E-state index contributed by atoms with van der Waals surface area (Å²) in [7, 11) is 3.40. The van der Waals surface area contributed by atoms with Gasteiger partial charge in [-0.05, 0) is 0 Å². The van der Waals surface area contributed by atoms with Crippen LogP contribution in [0.2, 0.25) is 0 Å². The van der Waals surface area contributed by atoms with Crippen molar-refractivity contribution in [1.29, 1.82) is 0 Å². The number of rotatable bonds is 0. The van der Waals surface area contributed by atoms with Crippen LogP contribution in [-0.2, 0) is 0 Å². The Kier molecular flexibility index (Phi) is 3.24. The van der Waals surface area contributed by atoms with Gasteiger partial charge in [0.1, 0.15) is 0 Å². The highest BCUT2D eigenvalue weighted by atomic mass is 127. The first-order valence-electron chi connectivity index (χ1n) is 2.48. The van der Waals surface area contributed by atoms with E-state index in [1.54, 1.807) is 26.5 Å². The van der Waals surface area contributed by atoms with E-state index in [4.69, 9.17) is 0 Å². The molecule has 0 unspecified atom stereocenters. The molecule has 0 N–H and O–H groups in total. The van der Waals surface area contributed by atoms with E-state index < -0.39 is 6.42 Å². The highest BCUT2D eigenvalue weighted by Crippen LogP contribution is 2.10. The smallest absolute Gasteiger partial charge is 0.248 e. The molecule has 0 amide bonds. The van der Waals surface area contributed by atoms with Crippen LogP contribution in [0.25, 0.3) is 0 Å². The molecule has 1 aliphatic rings. The van der Waals surface area contributed by atoms with Crippen molar-refractivity contribution in [3.63, 3.8) is 0 Å². The molecule has 0 saturated carbocycles. The maximum atomic E-state index is 12.5. The molecule has 9 heavy (non-hydrogen) atoms. The Morgan fingerprint density at radius 3 is 1.67 bits per heavy atom. The van der Waals surface area contributed by atoms with Crippen LogP contribution in [-0.4, -0.2) is 30.3 Å². The van der Waals surface area contributed by atoms with Crippen LogP contribution in [0.15, 0.2) is 12.4 Å². The lowest BCUT2D eigenvalue weighted by molar-refractivity contribution is -0.00000373. The summed E-state index contributed by atoms with van der Waals surface area (Å²) in [6.07, 6.45) is 2.44. The highest BCUT2D eigenvalue weighted by Gasteiger charge is 2.17. The van der Waals surface area contributed by atoms with Crippen LogP contribution >= 0.6 is 0 Å². The lowest BCUT2D eigenvalue weighted by Crippen LogP contribution is -3.00. The van der Waals surface area contributed by atoms with Crippen molar-refractivity contribution in [3.8, 4) is 0 Å². The normalized spacial score (nSPS) is 18.6. The Bertz CT molecular complexity index is 106. The van der Waals surface area contributed by atoms with E-state index in [2.05, 4.69) is 0 Å². The van der Waals surface area contributed by atoms with E-state index in [9.17, 15) is 4.39 Å². The topological polar surface area (TPSA) is 6.48 Å². The Morgan fingerprint density at radius 1 is 1.22 bits per heavy atom. The summed E-state index contributed by atoms with van der Waals surface area (Å²) in [5.74, 6) is 0. The molecule has 4 heteroatoms. The molecule has 1 rings (SSSR count). The van der Waals surface area contributed by atoms with Gasteiger partial charge in [-0.2, -0.15) is 4.39 Å². The van der Waals surface area contributed by atoms with Crippen molar-refractivity contribution >= 4 is 0 Å². The summed E-state index contributed by atoms with van der Waals surface area (Å²) < 4.78 is 12.5. The molecule has 1 aliphatic heterocycles. The number of halogens is 2. The fourth-order valence-electron chi connectivity index (χ4n) is 0.640. The van der Waals surface area contributed by atoms with E-state index in [-0.39, 0.29) is 24.0 Å². The monoisotopic (exact) mass is 243 g/mol. The molecule has 0 aromatic rings. The minimum absolute atomic E-state index is 0. The van der Waals surface area contributed by atoms with Gasteiger partial charge in [0, 0.05) is 26.5 Å². The standard InChI is InChI=1S/C5H9FN2.HI/c1-7-3-4-8(2)5(7)6;/h3-5H,1-2H3;1H/p-1. The highest BCUT2D eigenvalue weighted by molar-refractivity contribution is 4.88. The van der Waals surface area contributed by atoms with Gasteiger partial charge >= 0.3 is 0 Å². The van der Waals surface area contributed by atoms with Gasteiger partial charge in [-0.3, -0.25) is 0 Å². The quantitative estimate of drug-likeness (QED) is 0.345. The van der Waals surface area contributed by atoms with Crippen molar-refractivity contribution in [2.75, 3.05) is 14.1 Å². The fourth-order valence-corrected chi connectivity index (χ4v) is 0.640. The summed E-state index contributed by atoms with van der Waals surface area (Å²) in [4.78, 5) is 3.00. The van der Waals surface area contributed by atoms with Crippen molar-refractivity contribution in [2.24, 2.45) is 0 Å². The summed E-state index contributed by atoms with van der Waals surface area (Å²) in [5.41, 5.74) is 0. The second-order valence-electron chi connectivity index (χ2n) is 1.94. The number of alkyl halides is 1. The molecule has 0 saturated heterocycles. The second kappa shape index (κ2) is 3.24. The zero-order chi connectivity index (χ0) is 6.15. The summed E-state index contributed by atoms with van der Waals surface area (Å²) in [6.45, 7) is 0. The zero-order valence-electron chi connectivity index (χ0n) is 5.38. The third-order valence-corrected chi connectivity index (χ3v) is 1.21. The van der Waals surface area contributed by atoms with Crippen LogP contribution in [0.5, 0.6) is 0 Å². The van der Waals surface area contributed by atoms with Crippen LogP contribution in [0.3, 0.4) is 0 Å². The molecular formula is C5H9FIN2-. The SMILES string of the molecule is CN1C=CN(C)C1F.[I-]. The maximum Gasteiger partial charge on any atom is 0.248 e. The minimum atomic E-state index is -0.963. The van der Waals surface area contributed by atoms with E-state index in [0.29, 0.717) is 0 Å². The van der Waals surface area contributed by atoms with Crippen LogP contribution < -0.4 is 24.0 Å². The van der Waals surface area contributed by atoms with Crippen LogP contribution in [0.1, 0.15) is 0 Å². The zero-order valence-corrected chi connectivity index (χ0v) is 7.54. The van der Waals surface area contributed by atoms with E-state index in [1.807, 2.05) is 0 Å². The summed E-state index contributed by atoms with van der Waals surface area (Å²) in [5, 5.41) is 0.